The van der Waals surface area contributed by atoms with Crippen LogP contribution in [0.15, 0.2) is 0 Å². The van der Waals surface area contributed by atoms with Crippen molar-refractivity contribution in [3.63, 3.8) is 0 Å². The van der Waals surface area contributed by atoms with Crippen LogP contribution in [0.2, 0.25) is 0 Å². The summed E-state index contributed by atoms with van der Waals surface area (Å²) in [5, 5.41) is 3.01. The Morgan fingerprint density at radius 3 is 2.92 bits per heavy atom. The lowest BCUT2D eigenvalue weighted by Gasteiger charge is -2.30. The van der Waals surface area contributed by atoms with Crippen LogP contribution < -0.4 is 5.09 Å². The molecule has 0 aromatic heterocycles. The highest BCUT2D eigenvalue weighted by Gasteiger charge is 2.33. The van der Waals surface area contributed by atoms with Crippen molar-refractivity contribution in [2.45, 2.75) is 31.8 Å². The molecule has 1 N–H and O–H groups in total. The molecular weight excluding hydrogens is 209 g/mol. The molecule has 13 heavy (non-hydrogen) atoms. The molecule has 1 aliphatic rings. The molecule has 1 saturated heterocycles. The van der Waals surface area contributed by atoms with Gasteiger partial charge in [-0.3, -0.25) is 4.57 Å². The fourth-order valence-electron chi connectivity index (χ4n) is 1.53. The molecule has 0 aliphatic carbocycles. The molecule has 1 aliphatic heterocycles. The molecule has 1 fully saturated rings. The number of hydrogen-bond acceptors (Lipinski definition) is 2. The van der Waals surface area contributed by atoms with Gasteiger partial charge in [0.2, 0.25) is 0 Å². The van der Waals surface area contributed by atoms with Crippen LogP contribution in [0.3, 0.4) is 0 Å². The third-order valence-electron chi connectivity index (χ3n) is 2.33. The molecule has 0 bridgehead atoms. The van der Waals surface area contributed by atoms with Crippen LogP contribution in [0.5, 0.6) is 0 Å². The van der Waals surface area contributed by atoms with E-state index in [1.54, 1.807) is 0 Å². The lowest BCUT2D eigenvalue weighted by molar-refractivity contribution is 0.269. The van der Waals surface area contributed by atoms with E-state index in [0.717, 1.165) is 25.8 Å². The Morgan fingerprint density at radius 2 is 2.46 bits per heavy atom. The Labute approximate surface area is 84.7 Å². The fraction of sp³-hybridized carbons (Fsp3) is 1.00. The Kier molecular flexibility index (Phi) is 4.74. The SMILES string of the molecule is CCC(CCCl)P1(=O)NCCCO1. The summed E-state index contributed by atoms with van der Waals surface area (Å²) >= 11 is 5.65. The highest BCUT2D eigenvalue weighted by atomic mass is 35.5. The summed E-state index contributed by atoms with van der Waals surface area (Å²) in [5.41, 5.74) is 0.0882. The minimum absolute atomic E-state index is 0.0882. The van der Waals surface area contributed by atoms with Crippen LogP contribution in [0.25, 0.3) is 0 Å². The maximum Gasteiger partial charge on any atom is 0.272 e. The van der Waals surface area contributed by atoms with Gasteiger partial charge in [-0.1, -0.05) is 6.92 Å². The average molecular weight is 226 g/mol. The minimum atomic E-state index is -2.57. The second-order valence-corrected chi connectivity index (χ2v) is 6.11. The van der Waals surface area contributed by atoms with Crippen LogP contribution in [0.4, 0.5) is 0 Å². The highest BCUT2D eigenvalue weighted by molar-refractivity contribution is 7.57. The third-order valence-corrected chi connectivity index (χ3v) is 5.36. The van der Waals surface area contributed by atoms with Gasteiger partial charge in [-0.25, -0.2) is 5.09 Å². The summed E-state index contributed by atoms with van der Waals surface area (Å²) < 4.78 is 17.5. The minimum Gasteiger partial charge on any atom is -0.317 e. The standard InChI is InChI=1S/C8H17ClNO2P/c1-2-8(4-5-9)13(11)10-6-3-7-12-13/h8H,2-7H2,1H3,(H,10,11). The zero-order chi connectivity index (χ0) is 9.73. The van der Waals surface area contributed by atoms with Gasteiger partial charge in [-0.05, 0) is 19.3 Å². The molecule has 1 rings (SSSR count). The first-order valence-corrected chi connectivity index (χ1v) is 7.01. The number of alkyl halides is 1. The fourth-order valence-corrected chi connectivity index (χ4v) is 4.32. The predicted octanol–water partition coefficient (Wildman–Crippen LogP) is 2.60. The monoisotopic (exact) mass is 225 g/mol. The normalized spacial score (nSPS) is 31.5. The van der Waals surface area contributed by atoms with Gasteiger partial charge in [0.1, 0.15) is 0 Å². The summed E-state index contributed by atoms with van der Waals surface area (Å²) in [7, 11) is -2.57. The predicted molar refractivity (Wildman–Crippen MR) is 55.6 cm³/mol. The van der Waals surface area contributed by atoms with E-state index in [4.69, 9.17) is 16.1 Å². The van der Waals surface area contributed by atoms with Gasteiger partial charge >= 0.3 is 0 Å². The first kappa shape index (κ1) is 11.5. The van der Waals surface area contributed by atoms with E-state index in [1.165, 1.54) is 0 Å². The molecular formula is C8H17ClNO2P. The van der Waals surface area contributed by atoms with Crippen molar-refractivity contribution in [2.75, 3.05) is 19.0 Å². The second-order valence-electron chi connectivity index (χ2n) is 3.23. The third kappa shape index (κ3) is 2.95. The Morgan fingerprint density at radius 1 is 1.69 bits per heavy atom. The van der Waals surface area contributed by atoms with E-state index in [2.05, 4.69) is 5.09 Å². The summed E-state index contributed by atoms with van der Waals surface area (Å²) in [6.07, 6.45) is 2.57. The van der Waals surface area contributed by atoms with Gasteiger partial charge in [0.05, 0.1) is 12.3 Å². The first-order chi connectivity index (χ1) is 6.23. The van der Waals surface area contributed by atoms with E-state index < -0.39 is 7.52 Å². The summed E-state index contributed by atoms with van der Waals surface area (Å²) in [4.78, 5) is 0. The van der Waals surface area contributed by atoms with E-state index in [1.807, 2.05) is 6.92 Å². The Hall–Kier alpha value is 0.440. The molecule has 0 aromatic rings. The molecule has 3 nitrogen and oxygen atoms in total. The van der Waals surface area contributed by atoms with Crippen molar-refractivity contribution in [3.05, 3.63) is 0 Å². The van der Waals surface area contributed by atoms with Crippen LogP contribution in [-0.4, -0.2) is 24.7 Å². The van der Waals surface area contributed by atoms with E-state index >= 15 is 0 Å². The lowest BCUT2D eigenvalue weighted by Crippen LogP contribution is -2.28. The van der Waals surface area contributed by atoms with E-state index in [9.17, 15) is 4.57 Å². The molecule has 0 spiro atoms. The van der Waals surface area contributed by atoms with Crippen LogP contribution in [-0.2, 0) is 9.09 Å². The quantitative estimate of drug-likeness (QED) is 0.590. The van der Waals surface area contributed by atoms with Crippen LogP contribution >= 0.6 is 19.1 Å². The summed E-state index contributed by atoms with van der Waals surface area (Å²) in [6.45, 7) is 3.44. The molecule has 5 heteroatoms. The van der Waals surface area contributed by atoms with Crippen molar-refractivity contribution >= 4 is 19.1 Å². The maximum atomic E-state index is 12.2. The molecule has 2 unspecified atom stereocenters. The van der Waals surface area contributed by atoms with Crippen molar-refractivity contribution in [2.24, 2.45) is 0 Å². The molecule has 78 valence electrons. The summed E-state index contributed by atoms with van der Waals surface area (Å²) in [5.74, 6) is 0.549. The molecule has 2 atom stereocenters. The zero-order valence-electron chi connectivity index (χ0n) is 7.96. The van der Waals surface area contributed by atoms with Crippen LogP contribution in [0.1, 0.15) is 26.2 Å². The number of nitrogens with one attached hydrogen (secondary N) is 1. The topological polar surface area (TPSA) is 38.3 Å². The number of hydrogen-bond donors (Lipinski definition) is 1. The molecule has 0 aromatic carbocycles. The van der Waals surface area contributed by atoms with E-state index in [0.29, 0.717) is 12.5 Å². The molecule has 0 amide bonds. The van der Waals surface area contributed by atoms with Crippen molar-refractivity contribution in [1.82, 2.24) is 5.09 Å². The Balaban J connectivity index is 2.58. The average Bonchev–Trinajstić information content (AvgIpc) is 2.15. The van der Waals surface area contributed by atoms with Crippen LogP contribution in [0, 0.1) is 0 Å². The van der Waals surface area contributed by atoms with Gasteiger partial charge < -0.3 is 4.52 Å². The first-order valence-electron chi connectivity index (χ1n) is 4.78. The smallest absolute Gasteiger partial charge is 0.272 e. The zero-order valence-corrected chi connectivity index (χ0v) is 9.61. The molecule has 1 heterocycles. The van der Waals surface area contributed by atoms with Gasteiger partial charge in [0.25, 0.3) is 7.52 Å². The van der Waals surface area contributed by atoms with Crippen molar-refractivity contribution in [1.29, 1.82) is 0 Å². The lowest BCUT2D eigenvalue weighted by atomic mass is 10.3. The van der Waals surface area contributed by atoms with Gasteiger partial charge in [0.15, 0.2) is 0 Å². The van der Waals surface area contributed by atoms with E-state index in [-0.39, 0.29) is 5.66 Å². The Bertz CT molecular complexity index is 191. The summed E-state index contributed by atoms with van der Waals surface area (Å²) in [6, 6.07) is 0. The molecule has 0 saturated carbocycles. The van der Waals surface area contributed by atoms with Gasteiger partial charge in [-0.15, -0.1) is 11.6 Å². The van der Waals surface area contributed by atoms with Crippen molar-refractivity contribution < 1.29 is 9.09 Å². The highest BCUT2D eigenvalue weighted by Crippen LogP contribution is 2.52. The second kappa shape index (κ2) is 5.35. The maximum absolute atomic E-state index is 12.2. The van der Waals surface area contributed by atoms with Gasteiger partial charge in [-0.2, -0.15) is 0 Å². The van der Waals surface area contributed by atoms with Gasteiger partial charge in [0, 0.05) is 12.4 Å². The molecule has 0 radical (unpaired) electrons. The number of halogens is 1. The largest absolute Gasteiger partial charge is 0.317 e. The van der Waals surface area contributed by atoms with Crippen molar-refractivity contribution in [3.8, 4) is 0 Å². The number of rotatable bonds is 4.